The molecule has 0 fully saturated rings. The van der Waals surface area contributed by atoms with E-state index in [1.165, 1.54) is 16.0 Å². The van der Waals surface area contributed by atoms with Gasteiger partial charge in [0.25, 0.3) is 0 Å². The number of rotatable bonds is 2. The lowest BCUT2D eigenvalue weighted by Crippen LogP contribution is -2.17. The summed E-state index contributed by atoms with van der Waals surface area (Å²) in [5.74, 6) is 0.783. The van der Waals surface area contributed by atoms with Crippen LogP contribution in [0.2, 0.25) is 5.15 Å². The molecule has 1 aromatic carbocycles. The zero-order chi connectivity index (χ0) is 15.8. The summed E-state index contributed by atoms with van der Waals surface area (Å²) in [4.78, 5) is 10.4. The van der Waals surface area contributed by atoms with Crippen molar-refractivity contribution in [3.8, 4) is 0 Å². The standard InChI is InChI=1S/C17H21ClN2S/c1-10-7-8-13(11(2)9-10)21-15-12(3)14(18)19-16(20-15)17(4,5)6/h7-9H,1-6H3. The maximum absolute atomic E-state index is 6.29. The molecule has 0 aliphatic heterocycles. The average molecular weight is 321 g/mol. The zero-order valence-corrected chi connectivity index (χ0v) is 15.0. The molecule has 0 amide bonds. The molecule has 2 aromatic rings. The predicted octanol–water partition coefficient (Wildman–Crippen LogP) is 5.50. The van der Waals surface area contributed by atoms with Crippen LogP contribution in [-0.2, 0) is 5.41 Å². The van der Waals surface area contributed by atoms with E-state index in [4.69, 9.17) is 16.6 Å². The van der Waals surface area contributed by atoms with E-state index in [0.29, 0.717) is 5.15 Å². The highest BCUT2D eigenvalue weighted by Gasteiger charge is 2.21. The summed E-state index contributed by atoms with van der Waals surface area (Å²) in [7, 11) is 0. The molecule has 21 heavy (non-hydrogen) atoms. The van der Waals surface area contributed by atoms with Crippen molar-refractivity contribution in [3.05, 3.63) is 45.9 Å². The van der Waals surface area contributed by atoms with Crippen molar-refractivity contribution >= 4 is 23.4 Å². The monoisotopic (exact) mass is 320 g/mol. The third kappa shape index (κ3) is 3.78. The second-order valence-corrected chi connectivity index (χ2v) is 7.78. The Balaban J connectivity index is 2.46. The lowest BCUT2D eigenvalue weighted by molar-refractivity contribution is 0.537. The molecular weight excluding hydrogens is 300 g/mol. The molecule has 0 atom stereocenters. The van der Waals surface area contributed by atoms with E-state index in [9.17, 15) is 0 Å². The van der Waals surface area contributed by atoms with Crippen LogP contribution in [0.1, 0.15) is 43.3 Å². The molecule has 0 aliphatic carbocycles. The van der Waals surface area contributed by atoms with Crippen molar-refractivity contribution in [1.29, 1.82) is 0 Å². The first-order valence-electron chi connectivity index (χ1n) is 6.98. The maximum atomic E-state index is 6.29. The minimum Gasteiger partial charge on any atom is -0.225 e. The molecule has 0 unspecified atom stereocenters. The van der Waals surface area contributed by atoms with E-state index in [2.05, 4.69) is 57.8 Å². The molecule has 1 heterocycles. The lowest BCUT2D eigenvalue weighted by atomic mass is 9.96. The first-order valence-corrected chi connectivity index (χ1v) is 8.17. The van der Waals surface area contributed by atoms with Crippen molar-refractivity contribution in [1.82, 2.24) is 9.97 Å². The van der Waals surface area contributed by atoms with E-state index in [1.54, 1.807) is 11.8 Å². The molecule has 0 N–H and O–H groups in total. The summed E-state index contributed by atoms with van der Waals surface area (Å²) in [6, 6.07) is 6.45. The fourth-order valence-electron chi connectivity index (χ4n) is 1.92. The molecule has 0 saturated carbocycles. The quantitative estimate of drug-likeness (QED) is 0.683. The Morgan fingerprint density at radius 2 is 1.71 bits per heavy atom. The Kier molecular flexibility index (Phi) is 4.64. The van der Waals surface area contributed by atoms with Crippen molar-refractivity contribution in [2.45, 2.75) is 56.9 Å². The summed E-state index contributed by atoms with van der Waals surface area (Å²) in [6.45, 7) is 12.5. The van der Waals surface area contributed by atoms with Gasteiger partial charge in [0.2, 0.25) is 0 Å². The van der Waals surface area contributed by atoms with Gasteiger partial charge in [-0.2, -0.15) is 0 Å². The van der Waals surface area contributed by atoms with E-state index < -0.39 is 0 Å². The normalized spacial score (nSPS) is 11.8. The van der Waals surface area contributed by atoms with Crippen molar-refractivity contribution < 1.29 is 0 Å². The van der Waals surface area contributed by atoms with E-state index >= 15 is 0 Å². The Labute approximate surface area is 136 Å². The lowest BCUT2D eigenvalue weighted by Gasteiger charge is -2.19. The van der Waals surface area contributed by atoms with Gasteiger partial charge < -0.3 is 0 Å². The maximum Gasteiger partial charge on any atom is 0.136 e. The molecule has 112 valence electrons. The molecule has 0 radical (unpaired) electrons. The third-order valence-electron chi connectivity index (χ3n) is 3.25. The highest BCUT2D eigenvalue weighted by molar-refractivity contribution is 7.99. The zero-order valence-electron chi connectivity index (χ0n) is 13.4. The number of aryl methyl sites for hydroxylation is 2. The van der Waals surface area contributed by atoms with Gasteiger partial charge in [-0.25, -0.2) is 9.97 Å². The summed E-state index contributed by atoms with van der Waals surface area (Å²) in [6.07, 6.45) is 0. The minimum atomic E-state index is -0.116. The molecule has 0 saturated heterocycles. The van der Waals surface area contributed by atoms with Gasteiger partial charge in [0.05, 0.1) is 0 Å². The van der Waals surface area contributed by atoms with Gasteiger partial charge in [0, 0.05) is 15.9 Å². The largest absolute Gasteiger partial charge is 0.225 e. The molecule has 2 rings (SSSR count). The Bertz CT molecular complexity index is 675. The number of nitrogens with zero attached hydrogens (tertiary/aromatic N) is 2. The van der Waals surface area contributed by atoms with Crippen molar-refractivity contribution in [3.63, 3.8) is 0 Å². The average Bonchev–Trinajstić information content (AvgIpc) is 2.36. The number of benzene rings is 1. The highest BCUT2D eigenvalue weighted by atomic mass is 35.5. The number of aromatic nitrogens is 2. The predicted molar refractivity (Wildman–Crippen MR) is 90.5 cm³/mol. The summed E-state index contributed by atoms with van der Waals surface area (Å²) in [5.41, 5.74) is 3.35. The van der Waals surface area contributed by atoms with Crippen LogP contribution in [0.25, 0.3) is 0 Å². The minimum absolute atomic E-state index is 0.116. The van der Waals surface area contributed by atoms with Crippen LogP contribution < -0.4 is 0 Å². The Hall–Kier alpha value is -1.06. The van der Waals surface area contributed by atoms with Crippen LogP contribution in [0.3, 0.4) is 0 Å². The summed E-state index contributed by atoms with van der Waals surface area (Å²) >= 11 is 7.95. The molecule has 0 aliphatic rings. The number of hydrogen-bond acceptors (Lipinski definition) is 3. The molecular formula is C17H21ClN2S. The second-order valence-electron chi connectivity index (χ2n) is 6.39. The number of halogens is 1. The SMILES string of the molecule is Cc1ccc(Sc2nc(C(C)(C)C)nc(Cl)c2C)c(C)c1. The van der Waals surface area contributed by atoms with E-state index in [0.717, 1.165) is 16.4 Å². The van der Waals surface area contributed by atoms with E-state index in [-0.39, 0.29) is 5.41 Å². The topological polar surface area (TPSA) is 25.8 Å². The number of hydrogen-bond donors (Lipinski definition) is 0. The van der Waals surface area contributed by atoms with Crippen LogP contribution in [-0.4, -0.2) is 9.97 Å². The van der Waals surface area contributed by atoms with Gasteiger partial charge in [0.1, 0.15) is 16.0 Å². The third-order valence-corrected chi connectivity index (χ3v) is 4.89. The van der Waals surface area contributed by atoms with Gasteiger partial charge >= 0.3 is 0 Å². The molecule has 0 bridgehead atoms. The molecule has 4 heteroatoms. The van der Waals surface area contributed by atoms with Gasteiger partial charge in [-0.1, -0.05) is 61.8 Å². The Morgan fingerprint density at radius 3 is 2.29 bits per heavy atom. The highest BCUT2D eigenvalue weighted by Crippen LogP contribution is 2.35. The fourth-order valence-corrected chi connectivity index (χ4v) is 3.09. The van der Waals surface area contributed by atoms with Gasteiger partial charge in [-0.3, -0.25) is 0 Å². The van der Waals surface area contributed by atoms with Crippen molar-refractivity contribution in [2.24, 2.45) is 0 Å². The first kappa shape index (κ1) is 16.3. The summed E-state index contributed by atoms with van der Waals surface area (Å²) in [5, 5.41) is 1.48. The molecule has 2 nitrogen and oxygen atoms in total. The van der Waals surface area contributed by atoms with Crippen LogP contribution in [0.4, 0.5) is 0 Å². The van der Waals surface area contributed by atoms with Crippen molar-refractivity contribution in [2.75, 3.05) is 0 Å². The first-order chi connectivity index (χ1) is 9.68. The fraction of sp³-hybridized carbons (Fsp3) is 0.412. The van der Waals surface area contributed by atoms with Gasteiger partial charge in [0.15, 0.2) is 0 Å². The van der Waals surface area contributed by atoms with Crippen LogP contribution >= 0.6 is 23.4 Å². The van der Waals surface area contributed by atoms with Gasteiger partial charge in [-0.15, -0.1) is 0 Å². The van der Waals surface area contributed by atoms with Crippen LogP contribution in [0.5, 0.6) is 0 Å². The van der Waals surface area contributed by atoms with E-state index in [1.807, 2.05) is 6.92 Å². The molecule has 0 spiro atoms. The van der Waals surface area contributed by atoms with Crippen LogP contribution in [0, 0.1) is 20.8 Å². The molecule has 1 aromatic heterocycles. The van der Waals surface area contributed by atoms with Gasteiger partial charge in [-0.05, 0) is 32.4 Å². The Morgan fingerprint density at radius 1 is 1.05 bits per heavy atom. The smallest absolute Gasteiger partial charge is 0.136 e. The second kappa shape index (κ2) is 5.98. The summed E-state index contributed by atoms with van der Waals surface area (Å²) < 4.78 is 0. The van der Waals surface area contributed by atoms with Crippen LogP contribution in [0.15, 0.2) is 28.1 Å².